The molecule has 11 heteroatoms. The Morgan fingerprint density at radius 1 is 1.05 bits per heavy atom. The number of anilines is 1. The SMILES string of the molecule is Cc1cc(-c2[nH]nc3ncc(-c4ccc(N5CCNCC5)cn4)cc23)ccc1C(C)N(C)C(=O)c1noc(C(C)(C)C)n1. The summed E-state index contributed by atoms with van der Waals surface area (Å²) in [5, 5.41) is 15.9. The van der Waals surface area contributed by atoms with Crippen LogP contribution >= 0.6 is 0 Å². The smallest absolute Gasteiger partial charge is 0.295 e. The highest BCUT2D eigenvalue weighted by Crippen LogP contribution is 2.32. The van der Waals surface area contributed by atoms with Crippen molar-refractivity contribution in [3.05, 3.63) is 71.6 Å². The van der Waals surface area contributed by atoms with Gasteiger partial charge in [0.1, 0.15) is 0 Å². The summed E-state index contributed by atoms with van der Waals surface area (Å²) < 4.78 is 5.34. The van der Waals surface area contributed by atoms with E-state index in [4.69, 9.17) is 9.51 Å². The lowest BCUT2D eigenvalue weighted by atomic mass is 9.96. The van der Waals surface area contributed by atoms with Gasteiger partial charge < -0.3 is 19.6 Å². The number of aryl methyl sites for hydroxylation is 1. The Hall–Kier alpha value is -4.64. The molecule has 1 aromatic carbocycles. The zero-order valence-corrected chi connectivity index (χ0v) is 25.5. The fourth-order valence-electron chi connectivity index (χ4n) is 5.38. The van der Waals surface area contributed by atoms with Crippen LogP contribution in [0.3, 0.4) is 0 Å². The summed E-state index contributed by atoms with van der Waals surface area (Å²) in [4.78, 5) is 30.8. The Bertz CT molecular complexity index is 1760. The van der Waals surface area contributed by atoms with Gasteiger partial charge in [-0.3, -0.25) is 14.9 Å². The van der Waals surface area contributed by atoms with Crippen molar-refractivity contribution in [3.8, 4) is 22.5 Å². The van der Waals surface area contributed by atoms with Crippen LogP contribution in [-0.4, -0.2) is 74.3 Å². The van der Waals surface area contributed by atoms with E-state index < -0.39 is 0 Å². The lowest BCUT2D eigenvalue weighted by molar-refractivity contribution is 0.0726. The molecule has 4 aromatic heterocycles. The van der Waals surface area contributed by atoms with Gasteiger partial charge in [-0.1, -0.05) is 38.1 Å². The molecule has 0 radical (unpaired) electrons. The molecule has 5 aromatic rings. The number of aromatic nitrogens is 6. The Labute approximate surface area is 250 Å². The van der Waals surface area contributed by atoms with Crippen LogP contribution in [0.15, 0.2) is 53.3 Å². The maximum absolute atomic E-state index is 13.2. The van der Waals surface area contributed by atoms with Crippen LogP contribution in [0.25, 0.3) is 33.5 Å². The maximum Gasteiger partial charge on any atom is 0.295 e. The van der Waals surface area contributed by atoms with E-state index in [0.29, 0.717) is 11.5 Å². The number of hydrogen-bond donors (Lipinski definition) is 2. The molecule has 1 fully saturated rings. The number of nitrogens with one attached hydrogen (secondary N) is 2. The second-order valence-electron chi connectivity index (χ2n) is 12.2. The fourth-order valence-corrected chi connectivity index (χ4v) is 5.38. The predicted molar refractivity (Wildman–Crippen MR) is 166 cm³/mol. The monoisotopic (exact) mass is 579 g/mol. The number of H-pyrrole nitrogens is 1. The van der Waals surface area contributed by atoms with Crippen LogP contribution in [0.2, 0.25) is 0 Å². The molecule has 6 rings (SSSR count). The number of hydrogen-bond acceptors (Lipinski definition) is 9. The summed E-state index contributed by atoms with van der Waals surface area (Å²) in [5.41, 5.74) is 7.18. The Morgan fingerprint density at radius 3 is 2.51 bits per heavy atom. The van der Waals surface area contributed by atoms with Gasteiger partial charge in [-0.05, 0) is 49.2 Å². The van der Waals surface area contributed by atoms with Gasteiger partial charge in [0.15, 0.2) is 5.65 Å². The fraction of sp³-hybridized carbons (Fsp3) is 0.375. The number of carbonyl (C=O) groups excluding carboxylic acids is 1. The van der Waals surface area contributed by atoms with E-state index in [-0.39, 0.29) is 23.2 Å². The van der Waals surface area contributed by atoms with Crippen LogP contribution in [-0.2, 0) is 5.41 Å². The first kappa shape index (κ1) is 28.5. The number of carbonyl (C=O) groups is 1. The summed E-state index contributed by atoms with van der Waals surface area (Å²) in [6.07, 6.45) is 3.76. The van der Waals surface area contributed by atoms with Crippen LogP contribution in [0.1, 0.15) is 61.4 Å². The average molecular weight is 580 g/mol. The number of nitrogens with zero attached hydrogens (tertiary/aromatic N) is 7. The molecule has 1 amide bonds. The molecule has 1 saturated heterocycles. The number of fused-ring (bicyclic) bond motifs is 1. The number of aromatic amines is 1. The first-order valence-corrected chi connectivity index (χ1v) is 14.6. The molecule has 0 bridgehead atoms. The molecule has 0 spiro atoms. The molecule has 2 N–H and O–H groups in total. The van der Waals surface area contributed by atoms with Crippen molar-refractivity contribution >= 4 is 22.6 Å². The second-order valence-corrected chi connectivity index (χ2v) is 12.2. The quantitative estimate of drug-likeness (QED) is 0.288. The van der Waals surface area contributed by atoms with Crippen molar-refractivity contribution in [3.63, 3.8) is 0 Å². The third-order valence-corrected chi connectivity index (χ3v) is 8.10. The van der Waals surface area contributed by atoms with Crippen LogP contribution in [0.4, 0.5) is 5.69 Å². The van der Waals surface area contributed by atoms with Crippen molar-refractivity contribution in [2.24, 2.45) is 0 Å². The van der Waals surface area contributed by atoms with E-state index >= 15 is 0 Å². The van der Waals surface area contributed by atoms with E-state index in [1.165, 1.54) is 0 Å². The molecule has 1 aliphatic rings. The highest BCUT2D eigenvalue weighted by atomic mass is 16.5. The van der Waals surface area contributed by atoms with Crippen LogP contribution < -0.4 is 10.2 Å². The van der Waals surface area contributed by atoms with Crippen molar-refractivity contribution in [2.75, 3.05) is 38.1 Å². The van der Waals surface area contributed by atoms with Gasteiger partial charge >= 0.3 is 0 Å². The first-order valence-electron chi connectivity index (χ1n) is 14.6. The summed E-state index contributed by atoms with van der Waals surface area (Å²) in [6, 6.07) is 12.3. The van der Waals surface area contributed by atoms with Gasteiger partial charge in [-0.15, -0.1) is 0 Å². The van der Waals surface area contributed by atoms with Crippen molar-refractivity contribution in [2.45, 2.75) is 46.1 Å². The molecule has 43 heavy (non-hydrogen) atoms. The maximum atomic E-state index is 13.2. The van der Waals surface area contributed by atoms with Crippen LogP contribution in [0.5, 0.6) is 0 Å². The molecule has 1 atom stereocenters. The molecule has 0 saturated carbocycles. The highest BCUT2D eigenvalue weighted by Gasteiger charge is 2.28. The Balaban J connectivity index is 1.23. The van der Waals surface area contributed by atoms with Gasteiger partial charge in [-0.2, -0.15) is 10.1 Å². The molecular formula is C32H37N9O2. The minimum atomic E-state index is -0.332. The molecule has 1 unspecified atom stereocenters. The van der Waals surface area contributed by atoms with Crippen molar-refractivity contribution < 1.29 is 9.32 Å². The molecule has 1 aliphatic heterocycles. The third kappa shape index (κ3) is 5.60. The summed E-state index contributed by atoms with van der Waals surface area (Å²) >= 11 is 0. The van der Waals surface area contributed by atoms with E-state index in [9.17, 15) is 4.79 Å². The lowest BCUT2D eigenvalue weighted by Crippen LogP contribution is -2.43. The summed E-state index contributed by atoms with van der Waals surface area (Å²) in [6.45, 7) is 13.9. The Morgan fingerprint density at radius 2 is 1.84 bits per heavy atom. The summed E-state index contributed by atoms with van der Waals surface area (Å²) in [5.74, 6) is 0.210. The highest BCUT2D eigenvalue weighted by molar-refractivity contribution is 5.93. The van der Waals surface area contributed by atoms with E-state index in [2.05, 4.69) is 65.9 Å². The van der Waals surface area contributed by atoms with Crippen molar-refractivity contribution in [1.29, 1.82) is 0 Å². The molecule has 222 valence electrons. The van der Waals surface area contributed by atoms with E-state index in [0.717, 1.165) is 70.9 Å². The van der Waals surface area contributed by atoms with Gasteiger partial charge in [0.2, 0.25) is 5.89 Å². The van der Waals surface area contributed by atoms with Crippen LogP contribution in [0, 0.1) is 6.92 Å². The molecule has 0 aliphatic carbocycles. The number of amides is 1. The van der Waals surface area contributed by atoms with E-state index in [1.54, 1.807) is 11.9 Å². The molecule has 11 nitrogen and oxygen atoms in total. The zero-order chi connectivity index (χ0) is 30.3. The average Bonchev–Trinajstić information content (AvgIpc) is 3.68. The van der Waals surface area contributed by atoms with Gasteiger partial charge in [0, 0.05) is 61.4 Å². The zero-order valence-electron chi connectivity index (χ0n) is 25.5. The third-order valence-electron chi connectivity index (χ3n) is 8.10. The first-order chi connectivity index (χ1) is 20.6. The van der Waals surface area contributed by atoms with Gasteiger partial charge in [0.25, 0.3) is 11.7 Å². The summed E-state index contributed by atoms with van der Waals surface area (Å²) in [7, 11) is 1.76. The standard InChI is InChI=1S/C32H37N9O2/c1-19-15-21(7-9-24(19)20(2)40(6)30(42)29-36-31(43-39-29)32(3,4)5)27-25-16-22(17-35-28(25)38-37-27)26-10-8-23(18-34-26)41-13-11-33-12-14-41/h7-10,15-18,20,33H,11-14H2,1-6H3,(H,35,37,38). The number of benzene rings is 1. The predicted octanol–water partition coefficient (Wildman–Crippen LogP) is 4.92. The molecular weight excluding hydrogens is 542 g/mol. The number of piperazine rings is 1. The minimum absolute atomic E-state index is 0.0636. The molecule has 5 heterocycles. The Kier molecular flexibility index (Phi) is 7.43. The van der Waals surface area contributed by atoms with Gasteiger partial charge in [-0.25, -0.2) is 4.98 Å². The lowest BCUT2D eigenvalue weighted by Gasteiger charge is -2.29. The largest absolute Gasteiger partial charge is 0.368 e. The van der Waals surface area contributed by atoms with E-state index in [1.807, 2.05) is 53.1 Å². The normalized spacial score (nSPS) is 14.7. The second kappa shape index (κ2) is 11.2. The minimum Gasteiger partial charge on any atom is -0.368 e. The van der Waals surface area contributed by atoms with Crippen molar-refractivity contribution in [1.82, 2.24) is 40.5 Å². The van der Waals surface area contributed by atoms with Gasteiger partial charge in [0.05, 0.1) is 29.3 Å². The number of pyridine rings is 2. The topological polar surface area (TPSA) is 129 Å². The number of rotatable bonds is 6.